The smallest absolute Gasteiger partial charge is 0.233 e. The molecule has 0 radical (unpaired) electrons. The van der Waals surface area contributed by atoms with Gasteiger partial charge in [-0.1, -0.05) is 54.2 Å². The number of hydrogen-bond donors (Lipinski definition) is 1. The van der Waals surface area contributed by atoms with Crippen molar-refractivity contribution in [3.8, 4) is 0 Å². The molecule has 1 aliphatic heterocycles. The first-order valence-corrected chi connectivity index (χ1v) is 9.85. The summed E-state index contributed by atoms with van der Waals surface area (Å²) in [4.78, 5) is 22.3. The number of thioether (sulfide) groups is 1. The van der Waals surface area contributed by atoms with Gasteiger partial charge < -0.3 is 9.88 Å². The maximum atomic E-state index is 12.6. The molecule has 7 heteroatoms. The van der Waals surface area contributed by atoms with E-state index in [4.69, 9.17) is 0 Å². The first-order chi connectivity index (χ1) is 13.3. The van der Waals surface area contributed by atoms with E-state index in [2.05, 4.69) is 38.4 Å². The zero-order valence-electron chi connectivity index (χ0n) is 14.6. The van der Waals surface area contributed by atoms with E-state index in [1.54, 1.807) is 0 Å². The van der Waals surface area contributed by atoms with E-state index in [1.807, 2.05) is 35.2 Å². The van der Waals surface area contributed by atoms with Gasteiger partial charge >= 0.3 is 0 Å². The molecule has 0 aliphatic carbocycles. The van der Waals surface area contributed by atoms with Crippen molar-refractivity contribution in [3.05, 3.63) is 59.7 Å². The highest BCUT2D eigenvalue weighted by atomic mass is 32.2. The molecule has 0 atom stereocenters. The Morgan fingerprint density at radius 1 is 1.07 bits per heavy atom. The number of carbonyl (C=O) groups is 1. The van der Waals surface area contributed by atoms with Crippen molar-refractivity contribution in [1.82, 2.24) is 25.1 Å². The van der Waals surface area contributed by atoms with Crippen molar-refractivity contribution in [2.45, 2.75) is 18.1 Å². The summed E-state index contributed by atoms with van der Waals surface area (Å²) in [6.45, 7) is 1.44. The third-order valence-corrected chi connectivity index (χ3v) is 5.73. The van der Waals surface area contributed by atoms with Gasteiger partial charge in [0.15, 0.2) is 5.65 Å². The van der Waals surface area contributed by atoms with E-state index in [0.717, 1.165) is 29.4 Å². The van der Waals surface area contributed by atoms with E-state index in [9.17, 15) is 4.79 Å². The quantitative estimate of drug-likeness (QED) is 0.557. The monoisotopic (exact) mass is 375 g/mol. The molecule has 0 unspecified atom stereocenters. The molecule has 0 fully saturated rings. The van der Waals surface area contributed by atoms with Crippen molar-refractivity contribution >= 4 is 39.7 Å². The highest BCUT2D eigenvalue weighted by molar-refractivity contribution is 7.99. The van der Waals surface area contributed by atoms with Crippen molar-refractivity contribution in [1.29, 1.82) is 0 Å². The number of para-hydroxylation sites is 1. The lowest BCUT2D eigenvalue weighted by atomic mass is 10.00. The Hall–Kier alpha value is -2.93. The summed E-state index contributed by atoms with van der Waals surface area (Å²) in [6.07, 6.45) is 0.908. The molecule has 1 N–H and O–H groups in total. The summed E-state index contributed by atoms with van der Waals surface area (Å²) in [5.41, 5.74) is 5.02. The van der Waals surface area contributed by atoms with Gasteiger partial charge in [0.05, 0.1) is 5.75 Å². The molecule has 1 amide bonds. The van der Waals surface area contributed by atoms with Crippen LogP contribution in [0.3, 0.4) is 0 Å². The number of benzene rings is 2. The minimum atomic E-state index is 0.106. The number of aromatic amines is 1. The summed E-state index contributed by atoms with van der Waals surface area (Å²) < 4.78 is 0. The fourth-order valence-corrected chi connectivity index (χ4v) is 4.18. The zero-order valence-corrected chi connectivity index (χ0v) is 15.4. The maximum Gasteiger partial charge on any atom is 0.233 e. The van der Waals surface area contributed by atoms with E-state index in [0.29, 0.717) is 23.1 Å². The standard InChI is InChI=1S/C20H17N5OS/c26-17(25-10-9-13-5-1-2-6-14(13)11-25)12-27-20-22-19-18(23-24-20)15-7-3-4-8-16(15)21-19/h1-8H,9-12H2,(H,21,22,24). The number of H-pyrrole nitrogens is 1. The summed E-state index contributed by atoms with van der Waals surface area (Å²) in [6, 6.07) is 16.2. The van der Waals surface area contributed by atoms with Gasteiger partial charge in [0.25, 0.3) is 0 Å². The van der Waals surface area contributed by atoms with Gasteiger partial charge in [0, 0.05) is 24.0 Å². The lowest BCUT2D eigenvalue weighted by Crippen LogP contribution is -2.37. The molecular weight excluding hydrogens is 358 g/mol. The van der Waals surface area contributed by atoms with E-state index in [-0.39, 0.29) is 5.91 Å². The van der Waals surface area contributed by atoms with Crippen LogP contribution in [0.25, 0.3) is 22.1 Å². The summed E-state index contributed by atoms with van der Waals surface area (Å²) in [5, 5.41) is 10.0. The molecular formula is C20H17N5OS. The van der Waals surface area contributed by atoms with Crippen LogP contribution in [0.5, 0.6) is 0 Å². The van der Waals surface area contributed by atoms with Crippen LogP contribution in [0.1, 0.15) is 11.1 Å². The number of carbonyl (C=O) groups excluding carboxylic acids is 1. The Bertz CT molecular complexity index is 1160. The predicted molar refractivity (Wildman–Crippen MR) is 105 cm³/mol. The van der Waals surface area contributed by atoms with Crippen LogP contribution in [0.4, 0.5) is 0 Å². The van der Waals surface area contributed by atoms with Crippen LogP contribution >= 0.6 is 11.8 Å². The fourth-order valence-electron chi connectivity index (χ4n) is 3.49. The molecule has 3 heterocycles. The lowest BCUT2D eigenvalue weighted by Gasteiger charge is -2.28. The van der Waals surface area contributed by atoms with Gasteiger partial charge in [-0.05, 0) is 23.6 Å². The Morgan fingerprint density at radius 2 is 1.89 bits per heavy atom. The second-order valence-corrected chi connectivity index (χ2v) is 7.53. The highest BCUT2D eigenvalue weighted by Crippen LogP contribution is 2.24. The number of nitrogens with one attached hydrogen (secondary N) is 1. The molecule has 134 valence electrons. The molecule has 0 bridgehead atoms. The topological polar surface area (TPSA) is 74.8 Å². The van der Waals surface area contributed by atoms with Crippen LogP contribution < -0.4 is 0 Å². The van der Waals surface area contributed by atoms with Gasteiger partial charge in [-0.25, -0.2) is 4.98 Å². The molecule has 4 aromatic rings. The van der Waals surface area contributed by atoms with Gasteiger partial charge in [-0.2, -0.15) is 0 Å². The van der Waals surface area contributed by atoms with Gasteiger partial charge in [-0.3, -0.25) is 4.79 Å². The number of nitrogens with zero attached hydrogens (tertiary/aromatic N) is 4. The largest absolute Gasteiger partial charge is 0.338 e. The normalized spacial score (nSPS) is 13.9. The highest BCUT2D eigenvalue weighted by Gasteiger charge is 2.21. The summed E-state index contributed by atoms with van der Waals surface area (Å²) in [7, 11) is 0. The van der Waals surface area contributed by atoms with Gasteiger partial charge in [0.1, 0.15) is 5.52 Å². The van der Waals surface area contributed by atoms with Crippen LogP contribution in [0.2, 0.25) is 0 Å². The van der Waals surface area contributed by atoms with E-state index < -0.39 is 0 Å². The van der Waals surface area contributed by atoms with Gasteiger partial charge in [-0.15, -0.1) is 10.2 Å². The Morgan fingerprint density at radius 3 is 2.81 bits per heavy atom. The first-order valence-electron chi connectivity index (χ1n) is 8.86. The van der Waals surface area contributed by atoms with Crippen molar-refractivity contribution in [2.75, 3.05) is 12.3 Å². The Balaban J connectivity index is 1.30. The molecule has 1 aliphatic rings. The average Bonchev–Trinajstić information content (AvgIpc) is 3.09. The SMILES string of the molecule is O=C(CSc1nnc2c(n1)[nH]c1ccccc12)N1CCc2ccccc2C1. The molecule has 5 rings (SSSR count). The summed E-state index contributed by atoms with van der Waals surface area (Å²) in [5.74, 6) is 0.421. The Kier molecular flexibility index (Phi) is 4.01. The van der Waals surface area contributed by atoms with Crippen molar-refractivity contribution in [3.63, 3.8) is 0 Å². The minimum absolute atomic E-state index is 0.106. The molecule has 2 aromatic heterocycles. The predicted octanol–water partition coefficient (Wildman–Crippen LogP) is 3.18. The van der Waals surface area contributed by atoms with E-state index >= 15 is 0 Å². The molecule has 0 spiro atoms. The second kappa shape index (κ2) is 6.66. The van der Waals surface area contributed by atoms with Crippen LogP contribution in [-0.4, -0.2) is 43.3 Å². The third kappa shape index (κ3) is 3.04. The maximum absolute atomic E-state index is 12.6. The molecule has 27 heavy (non-hydrogen) atoms. The molecule has 0 saturated carbocycles. The number of rotatable bonds is 3. The van der Waals surface area contributed by atoms with Crippen molar-refractivity contribution < 1.29 is 4.79 Å². The Labute approximate surface area is 160 Å². The fraction of sp³-hybridized carbons (Fsp3) is 0.200. The lowest BCUT2D eigenvalue weighted by molar-refractivity contribution is -0.129. The molecule has 0 saturated heterocycles. The minimum Gasteiger partial charge on any atom is -0.338 e. The average molecular weight is 375 g/mol. The molecule has 6 nitrogen and oxygen atoms in total. The van der Waals surface area contributed by atoms with Crippen LogP contribution in [-0.2, 0) is 17.8 Å². The number of amides is 1. The number of hydrogen-bond acceptors (Lipinski definition) is 5. The van der Waals surface area contributed by atoms with Gasteiger partial charge in [0.2, 0.25) is 11.1 Å². The summed E-state index contributed by atoms with van der Waals surface area (Å²) >= 11 is 1.33. The first kappa shape index (κ1) is 16.3. The van der Waals surface area contributed by atoms with Crippen LogP contribution in [0, 0.1) is 0 Å². The van der Waals surface area contributed by atoms with Crippen LogP contribution in [0.15, 0.2) is 53.7 Å². The number of aromatic nitrogens is 4. The zero-order chi connectivity index (χ0) is 18.2. The number of fused-ring (bicyclic) bond motifs is 4. The second-order valence-electron chi connectivity index (χ2n) is 6.58. The van der Waals surface area contributed by atoms with Crippen molar-refractivity contribution in [2.24, 2.45) is 0 Å². The molecule has 2 aromatic carbocycles. The van der Waals surface area contributed by atoms with E-state index in [1.165, 1.54) is 22.9 Å². The third-order valence-electron chi connectivity index (χ3n) is 4.91.